The molecule has 94 valence electrons. The maximum absolute atomic E-state index is 11.8. The minimum absolute atomic E-state index is 0.201. The molecule has 0 spiro atoms. The zero-order chi connectivity index (χ0) is 12.4. The van der Waals surface area contributed by atoms with Crippen molar-refractivity contribution in [2.24, 2.45) is 4.99 Å². The number of nitrogens with one attached hydrogen (secondary N) is 1. The number of carbonyl (C=O) groups is 1. The van der Waals surface area contributed by atoms with Crippen LogP contribution in [0.3, 0.4) is 0 Å². The van der Waals surface area contributed by atoms with Crippen molar-refractivity contribution in [3.05, 3.63) is 29.9 Å². The Labute approximate surface area is 104 Å². The number of guanidine groups is 1. The third-order valence-corrected chi connectivity index (χ3v) is 2.82. The average Bonchev–Trinajstić information content (AvgIpc) is 3.02. The van der Waals surface area contributed by atoms with Gasteiger partial charge in [0.15, 0.2) is 0 Å². The van der Waals surface area contributed by atoms with Crippen LogP contribution in [0.1, 0.15) is 5.76 Å². The summed E-state index contributed by atoms with van der Waals surface area (Å²) in [5.74, 6) is 1.01. The first kappa shape index (κ1) is 11.0. The normalized spacial score (nSPS) is 22.2. The van der Waals surface area contributed by atoms with E-state index in [4.69, 9.17) is 9.15 Å². The SMILES string of the molecule is O=C1NC(N2CCOCC2)=N/C1=C\c1ccco1. The lowest BCUT2D eigenvalue weighted by molar-refractivity contribution is -0.115. The van der Waals surface area contributed by atoms with Crippen molar-refractivity contribution < 1.29 is 13.9 Å². The predicted molar refractivity (Wildman–Crippen MR) is 64.7 cm³/mol. The quantitative estimate of drug-likeness (QED) is 0.731. The number of carbonyl (C=O) groups excluding carboxylic acids is 1. The van der Waals surface area contributed by atoms with E-state index in [9.17, 15) is 4.79 Å². The zero-order valence-corrected chi connectivity index (χ0v) is 9.76. The largest absolute Gasteiger partial charge is 0.465 e. The average molecular weight is 247 g/mol. The summed E-state index contributed by atoms with van der Waals surface area (Å²) in [5, 5.41) is 2.76. The van der Waals surface area contributed by atoms with Crippen LogP contribution < -0.4 is 5.32 Å². The second-order valence-corrected chi connectivity index (χ2v) is 4.03. The van der Waals surface area contributed by atoms with Gasteiger partial charge in [-0.05, 0) is 12.1 Å². The summed E-state index contributed by atoms with van der Waals surface area (Å²) in [6, 6.07) is 3.55. The maximum Gasteiger partial charge on any atom is 0.276 e. The topological polar surface area (TPSA) is 67.1 Å². The van der Waals surface area contributed by atoms with E-state index in [1.165, 1.54) is 0 Å². The highest BCUT2D eigenvalue weighted by molar-refractivity contribution is 6.13. The van der Waals surface area contributed by atoms with E-state index in [1.807, 2.05) is 4.90 Å². The number of hydrogen-bond acceptors (Lipinski definition) is 5. The fourth-order valence-corrected chi connectivity index (χ4v) is 1.89. The van der Waals surface area contributed by atoms with Gasteiger partial charge in [-0.1, -0.05) is 0 Å². The number of amides is 1. The number of hydrogen-bond donors (Lipinski definition) is 1. The molecule has 3 rings (SSSR count). The molecule has 1 N–H and O–H groups in total. The smallest absolute Gasteiger partial charge is 0.276 e. The lowest BCUT2D eigenvalue weighted by Crippen LogP contribution is -2.46. The van der Waals surface area contributed by atoms with E-state index in [0.29, 0.717) is 30.6 Å². The Morgan fingerprint density at radius 1 is 1.39 bits per heavy atom. The maximum atomic E-state index is 11.8. The van der Waals surface area contributed by atoms with Crippen LogP contribution in [-0.4, -0.2) is 43.1 Å². The standard InChI is InChI=1S/C12H13N3O3/c16-11-10(8-9-2-1-5-18-9)13-12(14-11)15-3-6-17-7-4-15/h1-2,5,8H,3-4,6-7H2,(H,13,14,16)/b10-8-. The lowest BCUT2D eigenvalue weighted by Gasteiger charge is -2.27. The minimum Gasteiger partial charge on any atom is -0.465 e. The number of aliphatic imine (C=N–C) groups is 1. The molecule has 0 saturated carbocycles. The van der Waals surface area contributed by atoms with Gasteiger partial charge in [0.2, 0.25) is 5.96 Å². The van der Waals surface area contributed by atoms with Gasteiger partial charge in [-0.2, -0.15) is 0 Å². The van der Waals surface area contributed by atoms with Crippen LogP contribution in [0.4, 0.5) is 0 Å². The van der Waals surface area contributed by atoms with Crippen LogP contribution in [0, 0.1) is 0 Å². The first-order valence-electron chi connectivity index (χ1n) is 5.81. The Bertz CT molecular complexity index is 499. The van der Waals surface area contributed by atoms with Crippen molar-refractivity contribution in [3.63, 3.8) is 0 Å². The van der Waals surface area contributed by atoms with Gasteiger partial charge in [0.05, 0.1) is 19.5 Å². The number of morpholine rings is 1. The predicted octanol–water partition coefficient (Wildman–Crippen LogP) is 0.438. The van der Waals surface area contributed by atoms with Crippen LogP contribution >= 0.6 is 0 Å². The van der Waals surface area contributed by atoms with Crippen molar-refractivity contribution >= 4 is 17.9 Å². The van der Waals surface area contributed by atoms with Gasteiger partial charge in [-0.15, -0.1) is 0 Å². The molecule has 18 heavy (non-hydrogen) atoms. The molecule has 0 atom stereocenters. The highest BCUT2D eigenvalue weighted by atomic mass is 16.5. The molecule has 6 heteroatoms. The van der Waals surface area contributed by atoms with Crippen molar-refractivity contribution in [2.75, 3.05) is 26.3 Å². The molecule has 3 heterocycles. The summed E-state index contributed by atoms with van der Waals surface area (Å²) in [6.07, 6.45) is 3.19. The monoisotopic (exact) mass is 247 g/mol. The second kappa shape index (κ2) is 4.66. The van der Waals surface area contributed by atoms with Crippen molar-refractivity contribution in [3.8, 4) is 0 Å². The van der Waals surface area contributed by atoms with Crippen LogP contribution in [0.5, 0.6) is 0 Å². The van der Waals surface area contributed by atoms with Crippen LogP contribution in [0.2, 0.25) is 0 Å². The molecule has 6 nitrogen and oxygen atoms in total. The summed E-state index contributed by atoms with van der Waals surface area (Å²) in [6.45, 7) is 2.80. The summed E-state index contributed by atoms with van der Waals surface area (Å²) in [5.41, 5.74) is 0.367. The van der Waals surface area contributed by atoms with Gasteiger partial charge in [0.1, 0.15) is 11.5 Å². The van der Waals surface area contributed by atoms with E-state index in [2.05, 4.69) is 10.3 Å². The van der Waals surface area contributed by atoms with Gasteiger partial charge in [0, 0.05) is 19.2 Å². The van der Waals surface area contributed by atoms with E-state index >= 15 is 0 Å². The number of rotatable bonds is 1. The van der Waals surface area contributed by atoms with Gasteiger partial charge in [0.25, 0.3) is 5.91 Å². The first-order valence-corrected chi connectivity index (χ1v) is 5.81. The first-order chi connectivity index (χ1) is 8.83. The molecule has 1 fully saturated rings. The summed E-state index contributed by atoms with van der Waals surface area (Å²) < 4.78 is 10.4. The molecule has 0 aromatic carbocycles. The molecule has 0 unspecified atom stereocenters. The number of furan rings is 1. The molecule has 1 aromatic heterocycles. The highest BCUT2D eigenvalue weighted by Gasteiger charge is 2.25. The molecular formula is C12H13N3O3. The Kier molecular flexibility index (Phi) is 2.85. The number of nitrogens with zero attached hydrogens (tertiary/aromatic N) is 2. The van der Waals surface area contributed by atoms with E-state index in [0.717, 1.165) is 13.1 Å². The molecule has 0 bridgehead atoms. The molecule has 0 aliphatic carbocycles. The Morgan fingerprint density at radius 3 is 2.94 bits per heavy atom. The summed E-state index contributed by atoms with van der Waals surface area (Å²) in [4.78, 5) is 18.1. The summed E-state index contributed by atoms with van der Waals surface area (Å²) in [7, 11) is 0. The third kappa shape index (κ3) is 2.14. The van der Waals surface area contributed by atoms with Gasteiger partial charge >= 0.3 is 0 Å². The van der Waals surface area contributed by atoms with Crippen molar-refractivity contribution in [1.82, 2.24) is 10.2 Å². The summed E-state index contributed by atoms with van der Waals surface area (Å²) >= 11 is 0. The lowest BCUT2D eigenvalue weighted by atomic mass is 10.3. The number of ether oxygens (including phenoxy) is 1. The highest BCUT2D eigenvalue weighted by Crippen LogP contribution is 2.14. The molecular weight excluding hydrogens is 234 g/mol. The molecule has 2 aliphatic heterocycles. The van der Waals surface area contributed by atoms with Crippen LogP contribution in [0.25, 0.3) is 6.08 Å². The Balaban J connectivity index is 1.80. The van der Waals surface area contributed by atoms with Crippen LogP contribution in [-0.2, 0) is 9.53 Å². The minimum atomic E-state index is -0.201. The molecule has 1 amide bonds. The van der Waals surface area contributed by atoms with Gasteiger partial charge < -0.3 is 14.1 Å². The second-order valence-electron chi connectivity index (χ2n) is 4.03. The zero-order valence-electron chi connectivity index (χ0n) is 9.76. The third-order valence-electron chi connectivity index (χ3n) is 2.82. The van der Waals surface area contributed by atoms with E-state index in [1.54, 1.807) is 24.5 Å². The van der Waals surface area contributed by atoms with Crippen molar-refractivity contribution in [2.45, 2.75) is 0 Å². The van der Waals surface area contributed by atoms with Gasteiger partial charge in [-0.3, -0.25) is 10.1 Å². The van der Waals surface area contributed by atoms with Crippen LogP contribution in [0.15, 0.2) is 33.5 Å². The fraction of sp³-hybridized carbons (Fsp3) is 0.333. The molecule has 2 aliphatic rings. The molecule has 1 aromatic rings. The fourth-order valence-electron chi connectivity index (χ4n) is 1.89. The van der Waals surface area contributed by atoms with Crippen molar-refractivity contribution in [1.29, 1.82) is 0 Å². The molecule has 1 saturated heterocycles. The molecule has 0 radical (unpaired) electrons. The Hall–Kier alpha value is -2.08. The van der Waals surface area contributed by atoms with Gasteiger partial charge in [-0.25, -0.2) is 4.99 Å². The Morgan fingerprint density at radius 2 is 2.22 bits per heavy atom. The van der Waals surface area contributed by atoms with E-state index in [-0.39, 0.29) is 5.91 Å². The van der Waals surface area contributed by atoms with E-state index < -0.39 is 0 Å².